The number of phenolic OH excluding ortho intramolecular Hbond substituents is 1. The van der Waals surface area contributed by atoms with E-state index in [1.165, 1.54) is 17.9 Å². The van der Waals surface area contributed by atoms with Crippen molar-refractivity contribution in [2.45, 2.75) is 39.0 Å². The molecule has 188 valence electrons. The Morgan fingerprint density at radius 2 is 1.83 bits per heavy atom. The first-order valence-corrected chi connectivity index (χ1v) is 11.6. The van der Waals surface area contributed by atoms with E-state index in [-0.39, 0.29) is 59.2 Å². The van der Waals surface area contributed by atoms with Crippen LogP contribution >= 0.6 is 0 Å². The number of ether oxygens (including phenoxy) is 1. The molecular formula is C26H22F3NO6. The van der Waals surface area contributed by atoms with Crippen molar-refractivity contribution >= 4 is 23.4 Å². The van der Waals surface area contributed by atoms with E-state index >= 15 is 0 Å². The predicted octanol–water partition coefficient (Wildman–Crippen LogP) is 3.74. The molecule has 4 atom stereocenters. The standard InChI is InChI=1S/C26H22F3NO6/c1-3-30-24(34)14-6-5-13-15(21(14)25(30)35)10-17-19(32)8-11(2)23(33)22(17)20(13)16-9-12(4-7-18(16)31)36-26(27,28)29/h4-5,7-9,14-15,20-21,31H,3,6,10H2,1-2H3/t14-,15+,20+,21-/m0/s1. The van der Waals surface area contributed by atoms with Gasteiger partial charge in [-0.3, -0.25) is 24.1 Å². The van der Waals surface area contributed by atoms with Gasteiger partial charge in [-0.15, -0.1) is 13.2 Å². The molecule has 10 heteroatoms. The Labute approximate surface area is 203 Å². The van der Waals surface area contributed by atoms with Gasteiger partial charge in [0.25, 0.3) is 0 Å². The van der Waals surface area contributed by atoms with Gasteiger partial charge in [0.05, 0.1) is 11.8 Å². The third-order valence-corrected chi connectivity index (χ3v) is 7.52. The van der Waals surface area contributed by atoms with Gasteiger partial charge in [-0.2, -0.15) is 0 Å². The fraction of sp³-hybridized carbons (Fsp3) is 0.385. The number of imide groups is 1. The third kappa shape index (κ3) is 3.58. The highest BCUT2D eigenvalue weighted by atomic mass is 19.4. The average molecular weight is 501 g/mol. The van der Waals surface area contributed by atoms with Crippen molar-refractivity contribution in [3.05, 3.63) is 58.2 Å². The first-order chi connectivity index (χ1) is 16.9. The number of hydrogen-bond acceptors (Lipinski definition) is 6. The lowest BCUT2D eigenvalue weighted by molar-refractivity contribution is -0.274. The molecule has 1 saturated heterocycles. The number of amides is 2. The normalized spacial score (nSPS) is 28.0. The number of phenols is 1. The highest BCUT2D eigenvalue weighted by molar-refractivity contribution is 6.24. The number of alkyl halides is 3. The molecule has 1 N–H and O–H groups in total. The lowest BCUT2D eigenvalue weighted by Gasteiger charge is -2.42. The minimum absolute atomic E-state index is 0.0429. The summed E-state index contributed by atoms with van der Waals surface area (Å²) in [7, 11) is 0. The van der Waals surface area contributed by atoms with Crippen LogP contribution < -0.4 is 4.74 Å². The number of carbonyl (C=O) groups is 4. The molecule has 5 rings (SSSR count). The maximum Gasteiger partial charge on any atom is 0.573 e. The van der Waals surface area contributed by atoms with Crippen molar-refractivity contribution in [2.24, 2.45) is 17.8 Å². The van der Waals surface area contributed by atoms with Crippen LogP contribution in [-0.4, -0.2) is 46.3 Å². The highest BCUT2D eigenvalue weighted by Gasteiger charge is 2.56. The molecular weight excluding hydrogens is 479 g/mol. The molecule has 1 heterocycles. The molecule has 0 spiro atoms. The molecule has 0 bridgehead atoms. The Hall–Kier alpha value is -3.69. The number of ketones is 2. The fourth-order valence-electron chi connectivity index (χ4n) is 6.05. The van der Waals surface area contributed by atoms with Crippen molar-refractivity contribution in [1.29, 1.82) is 0 Å². The largest absolute Gasteiger partial charge is 0.573 e. The second-order valence-corrected chi connectivity index (χ2v) is 9.42. The number of allylic oxidation sites excluding steroid dienone is 6. The van der Waals surface area contributed by atoms with E-state index in [2.05, 4.69) is 4.74 Å². The van der Waals surface area contributed by atoms with Crippen molar-refractivity contribution in [2.75, 3.05) is 6.54 Å². The minimum atomic E-state index is -4.98. The van der Waals surface area contributed by atoms with E-state index in [1.54, 1.807) is 13.0 Å². The van der Waals surface area contributed by atoms with Gasteiger partial charge in [-0.1, -0.05) is 11.6 Å². The smallest absolute Gasteiger partial charge is 0.508 e. The summed E-state index contributed by atoms with van der Waals surface area (Å²) in [5.74, 6) is -5.63. The van der Waals surface area contributed by atoms with E-state index in [1.807, 2.05) is 0 Å². The van der Waals surface area contributed by atoms with Gasteiger partial charge in [0.15, 0.2) is 11.6 Å². The number of hydrogen-bond donors (Lipinski definition) is 1. The molecule has 2 amide bonds. The van der Waals surface area contributed by atoms with E-state index in [0.717, 1.165) is 18.2 Å². The summed E-state index contributed by atoms with van der Waals surface area (Å²) in [4.78, 5) is 53.6. The van der Waals surface area contributed by atoms with E-state index < -0.39 is 47.3 Å². The van der Waals surface area contributed by atoms with Crippen molar-refractivity contribution in [3.8, 4) is 11.5 Å². The fourth-order valence-corrected chi connectivity index (χ4v) is 6.05. The summed E-state index contributed by atoms with van der Waals surface area (Å²) in [6.45, 7) is 3.35. The summed E-state index contributed by atoms with van der Waals surface area (Å²) in [5, 5.41) is 10.7. The molecule has 1 aliphatic heterocycles. The molecule has 0 aromatic heterocycles. The van der Waals surface area contributed by atoms with Crippen molar-refractivity contribution in [1.82, 2.24) is 4.90 Å². The monoisotopic (exact) mass is 501 g/mol. The van der Waals surface area contributed by atoms with Crippen LogP contribution in [0.25, 0.3) is 0 Å². The van der Waals surface area contributed by atoms with Crippen LogP contribution in [0.1, 0.15) is 38.2 Å². The van der Waals surface area contributed by atoms with Crippen LogP contribution in [0.5, 0.6) is 11.5 Å². The molecule has 1 aromatic rings. The van der Waals surface area contributed by atoms with Gasteiger partial charge in [0, 0.05) is 34.7 Å². The van der Waals surface area contributed by atoms with Crippen LogP contribution in [0.2, 0.25) is 0 Å². The number of aromatic hydroxyl groups is 1. The molecule has 3 aliphatic carbocycles. The molecule has 4 aliphatic rings. The van der Waals surface area contributed by atoms with E-state index in [9.17, 15) is 37.5 Å². The summed E-state index contributed by atoms with van der Waals surface area (Å²) < 4.78 is 42.8. The van der Waals surface area contributed by atoms with Gasteiger partial charge in [0.1, 0.15) is 11.5 Å². The van der Waals surface area contributed by atoms with Crippen LogP contribution in [0.4, 0.5) is 13.2 Å². The highest BCUT2D eigenvalue weighted by Crippen LogP contribution is 2.56. The van der Waals surface area contributed by atoms with Crippen molar-refractivity contribution < 1.29 is 42.2 Å². The number of fused-ring (bicyclic) bond motifs is 3. The van der Waals surface area contributed by atoms with Gasteiger partial charge >= 0.3 is 6.36 Å². The maximum atomic E-state index is 13.3. The average Bonchev–Trinajstić information content (AvgIpc) is 3.06. The minimum Gasteiger partial charge on any atom is -0.508 e. The Bertz CT molecular complexity index is 1320. The Kier molecular flexibility index (Phi) is 5.46. The third-order valence-electron chi connectivity index (χ3n) is 7.52. The molecule has 0 radical (unpaired) electrons. The quantitative estimate of drug-likeness (QED) is 0.385. The van der Waals surface area contributed by atoms with Crippen LogP contribution in [-0.2, 0) is 19.2 Å². The molecule has 7 nitrogen and oxygen atoms in total. The number of halogens is 3. The van der Waals surface area contributed by atoms with Crippen LogP contribution in [0, 0.1) is 17.8 Å². The Morgan fingerprint density at radius 3 is 2.50 bits per heavy atom. The van der Waals surface area contributed by atoms with Gasteiger partial charge in [-0.05, 0) is 56.9 Å². The van der Waals surface area contributed by atoms with Crippen LogP contribution in [0.15, 0.2) is 52.6 Å². The van der Waals surface area contributed by atoms with Gasteiger partial charge in [0.2, 0.25) is 11.8 Å². The SMILES string of the molecule is CCN1C(=O)[C@H]2[C@H](CC=C3[C@H](c4cc(OC(F)(F)F)ccc4O)C4=C(C[C@H]32)C(=O)C=C(C)C4=O)C1=O. The molecule has 1 aromatic carbocycles. The van der Waals surface area contributed by atoms with E-state index in [0.29, 0.717) is 5.57 Å². The summed E-state index contributed by atoms with van der Waals surface area (Å²) in [5.41, 5.74) is 0.880. The molecule has 0 unspecified atom stereocenters. The number of Topliss-reactive ketones (excluding diaryl/α,β-unsaturated/α-hetero) is 1. The first-order valence-electron chi connectivity index (χ1n) is 11.6. The van der Waals surface area contributed by atoms with Crippen molar-refractivity contribution in [3.63, 3.8) is 0 Å². The second-order valence-electron chi connectivity index (χ2n) is 9.42. The summed E-state index contributed by atoms with van der Waals surface area (Å²) in [6.07, 6.45) is -1.80. The second kappa shape index (κ2) is 8.18. The zero-order valence-corrected chi connectivity index (χ0v) is 19.4. The topological polar surface area (TPSA) is 101 Å². The number of carbonyl (C=O) groups excluding carboxylic acids is 4. The number of nitrogens with zero attached hydrogens (tertiary/aromatic N) is 1. The number of likely N-dealkylation sites (tertiary alicyclic amines) is 1. The lowest BCUT2D eigenvalue weighted by Crippen LogP contribution is -2.39. The lowest BCUT2D eigenvalue weighted by atomic mass is 9.59. The summed E-state index contributed by atoms with van der Waals surface area (Å²) in [6, 6.07) is 2.98. The Balaban J connectivity index is 1.70. The maximum absolute atomic E-state index is 13.3. The zero-order valence-electron chi connectivity index (χ0n) is 19.4. The number of benzene rings is 1. The van der Waals surface area contributed by atoms with E-state index in [4.69, 9.17) is 0 Å². The molecule has 36 heavy (non-hydrogen) atoms. The molecule has 1 fully saturated rings. The first kappa shape index (κ1) is 24.0. The molecule has 0 saturated carbocycles. The summed E-state index contributed by atoms with van der Waals surface area (Å²) >= 11 is 0. The zero-order chi connectivity index (χ0) is 26.1. The predicted molar refractivity (Wildman–Crippen MR) is 119 cm³/mol. The Morgan fingerprint density at radius 1 is 1.11 bits per heavy atom. The van der Waals surface area contributed by atoms with Gasteiger partial charge in [-0.25, -0.2) is 0 Å². The van der Waals surface area contributed by atoms with Gasteiger partial charge < -0.3 is 9.84 Å². The van der Waals surface area contributed by atoms with Crippen LogP contribution in [0.3, 0.4) is 0 Å². The number of rotatable bonds is 3.